The Morgan fingerprint density at radius 3 is 2.77 bits per heavy atom. The highest BCUT2D eigenvalue weighted by atomic mass is 16.4. The quantitative estimate of drug-likeness (QED) is 0.703. The lowest BCUT2D eigenvalue weighted by atomic mass is 10.0. The SMILES string of the molecule is C1CCc2oc(C3CNC3)nc2C1. The van der Waals surface area contributed by atoms with Crippen molar-refractivity contribution in [3.8, 4) is 0 Å². The molecule has 0 saturated carbocycles. The highest BCUT2D eigenvalue weighted by Gasteiger charge is 2.26. The summed E-state index contributed by atoms with van der Waals surface area (Å²) >= 11 is 0. The summed E-state index contributed by atoms with van der Waals surface area (Å²) in [6.07, 6.45) is 4.77. The van der Waals surface area contributed by atoms with E-state index in [1.165, 1.54) is 18.5 Å². The zero-order valence-corrected chi connectivity index (χ0v) is 7.68. The molecule has 1 aliphatic carbocycles. The van der Waals surface area contributed by atoms with Gasteiger partial charge in [0.05, 0.1) is 11.6 Å². The predicted octanol–water partition coefficient (Wildman–Crippen LogP) is 1.24. The lowest BCUT2D eigenvalue weighted by Crippen LogP contribution is -2.40. The second kappa shape index (κ2) is 2.84. The maximum Gasteiger partial charge on any atom is 0.200 e. The van der Waals surface area contributed by atoms with Crippen molar-refractivity contribution in [3.05, 3.63) is 17.3 Å². The van der Waals surface area contributed by atoms with Crippen molar-refractivity contribution >= 4 is 0 Å². The van der Waals surface area contributed by atoms with Crippen LogP contribution in [0.15, 0.2) is 4.42 Å². The van der Waals surface area contributed by atoms with Gasteiger partial charge in [0.25, 0.3) is 0 Å². The molecule has 0 atom stereocenters. The molecule has 2 heterocycles. The molecule has 1 aromatic heterocycles. The van der Waals surface area contributed by atoms with Gasteiger partial charge in [-0.05, 0) is 19.3 Å². The fourth-order valence-corrected chi connectivity index (χ4v) is 2.01. The van der Waals surface area contributed by atoms with Gasteiger partial charge in [-0.1, -0.05) is 0 Å². The molecule has 3 heteroatoms. The molecule has 0 unspecified atom stereocenters. The van der Waals surface area contributed by atoms with Gasteiger partial charge >= 0.3 is 0 Å². The number of aromatic nitrogens is 1. The number of rotatable bonds is 1. The molecule has 2 aliphatic rings. The maximum absolute atomic E-state index is 5.76. The van der Waals surface area contributed by atoms with Crippen LogP contribution in [0.25, 0.3) is 0 Å². The fourth-order valence-electron chi connectivity index (χ4n) is 2.01. The van der Waals surface area contributed by atoms with Crippen molar-refractivity contribution in [1.29, 1.82) is 0 Å². The molecule has 0 radical (unpaired) electrons. The van der Waals surface area contributed by atoms with E-state index in [2.05, 4.69) is 10.3 Å². The molecule has 0 bridgehead atoms. The van der Waals surface area contributed by atoms with Crippen molar-refractivity contribution in [2.24, 2.45) is 0 Å². The number of nitrogens with zero attached hydrogens (tertiary/aromatic N) is 1. The third-order valence-corrected chi connectivity index (χ3v) is 2.99. The van der Waals surface area contributed by atoms with Gasteiger partial charge in [-0.2, -0.15) is 0 Å². The summed E-state index contributed by atoms with van der Waals surface area (Å²) in [5.41, 5.74) is 1.23. The summed E-state index contributed by atoms with van der Waals surface area (Å²) in [4.78, 5) is 4.57. The summed E-state index contributed by atoms with van der Waals surface area (Å²) in [5.74, 6) is 2.68. The number of hydrogen-bond acceptors (Lipinski definition) is 3. The molecule has 0 spiro atoms. The van der Waals surface area contributed by atoms with Crippen LogP contribution in [0.1, 0.15) is 36.1 Å². The van der Waals surface area contributed by atoms with Gasteiger partial charge in [0.1, 0.15) is 5.76 Å². The van der Waals surface area contributed by atoms with E-state index in [-0.39, 0.29) is 0 Å². The summed E-state index contributed by atoms with van der Waals surface area (Å²) < 4.78 is 5.76. The molecule has 0 aromatic carbocycles. The molecule has 1 fully saturated rings. The van der Waals surface area contributed by atoms with Gasteiger partial charge in [-0.3, -0.25) is 0 Å². The van der Waals surface area contributed by atoms with Crippen LogP contribution in [0.3, 0.4) is 0 Å². The van der Waals surface area contributed by atoms with E-state index < -0.39 is 0 Å². The predicted molar refractivity (Wildman–Crippen MR) is 48.8 cm³/mol. The topological polar surface area (TPSA) is 38.1 Å². The third-order valence-electron chi connectivity index (χ3n) is 2.99. The Kier molecular flexibility index (Phi) is 1.65. The number of hydrogen-bond donors (Lipinski definition) is 1. The van der Waals surface area contributed by atoms with Crippen molar-refractivity contribution in [2.75, 3.05) is 13.1 Å². The normalized spacial score (nSPS) is 22.5. The molecule has 70 valence electrons. The minimum atomic E-state index is 0.547. The van der Waals surface area contributed by atoms with Crippen molar-refractivity contribution in [2.45, 2.75) is 31.6 Å². The Hall–Kier alpha value is -0.830. The number of oxazole rings is 1. The average Bonchev–Trinajstić information content (AvgIpc) is 2.43. The zero-order valence-electron chi connectivity index (χ0n) is 7.68. The molecule has 1 aliphatic heterocycles. The molecule has 1 saturated heterocycles. The highest BCUT2D eigenvalue weighted by molar-refractivity contribution is 5.16. The van der Waals surface area contributed by atoms with Gasteiger partial charge in [0.2, 0.25) is 0 Å². The molecule has 0 amide bonds. The number of nitrogens with one attached hydrogen (secondary N) is 1. The number of fused-ring (bicyclic) bond motifs is 1. The first-order chi connectivity index (χ1) is 6.43. The van der Waals surface area contributed by atoms with Crippen molar-refractivity contribution < 1.29 is 4.42 Å². The Morgan fingerprint density at radius 1 is 1.23 bits per heavy atom. The molecular formula is C10H14N2O. The van der Waals surface area contributed by atoms with Crippen LogP contribution >= 0.6 is 0 Å². The van der Waals surface area contributed by atoms with E-state index in [0.717, 1.165) is 37.6 Å². The molecule has 3 rings (SSSR count). The first-order valence-corrected chi connectivity index (χ1v) is 5.12. The molecule has 13 heavy (non-hydrogen) atoms. The van der Waals surface area contributed by atoms with Crippen molar-refractivity contribution in [1.82, 2.24) is 10.3 Å². The maximum atomic E-state index is 5.76. The average molecular weight is 178 g/mol. The van der Waals surface area contributed by atoms with Crippen LogP contribution in [-0.2, 0) is 12.8 Å². The Labute approximate surface area is 77.5 Å². The molecule has 1 aromatic rings. The minimum Gasteiger partial charge on any atom is -0.445 e. The van der Waals surface area contributed by atoms with E-state index in [4.69, 9.17) is 4.42 Å². The Bertz CT molecular complexity index is 291. The smallest absolute Gasteiger partial charge is 0.200 e. The van der Waals surface area contributed by atoms with Gasteiger partial charge in [-0.15, -0.1) is 0 Å². The second-order valence-electron chi connectivity index (χ2n) is 3.98. The van der Waals surface area contributed by atoms with Crippen molar-refractivity contribution in [3.63, 3.8) is 0 Å². The first kappa shape index (κ1) is 7.56. The molecule has 3 nitrogen and oxygen atoms in total. The summed E-state index contributed by atoms with van der Waals surface area (Å²) in [6.45, 7) is 2.08. The largest absolute Gasteiger partial charge is 0.445 e. The van der Waals surface area contributed by atoms with Crippen LogP contribution in [0.4, 0.5) is 0 Å². The molecular weight excluding hydrogens is 164 g/mol. The number of aryl methyl sites for hydroxylation is 2. The zero-order chi connectivity index (χ0) is 8.67. The van der Waals surface area contributed by atoms with E-state index in [9.17, 15) is 0 Å². The lowest BCUT2D eigenvalue weighted by molar-refractivity contribution is 0.343. The van der Waals surface area contributed by atoms with E-state index in [0.29, 0.717) is 5.92 Å². The van der Waals surface area contributed by atoms with Crippen LogP contribution in [0.5, 0.6) is 0 Å². The van der Waals surface area contributed by atoms with Crippen LogP contribution in [-0.4, -0.2) is 18.1 Å². The van der Waals surface area contributed by atoms with Gasteiger partial charge in [-0.25, -0.2) is 4.98 Å². The Balaban J connectivity index is 1.90. The third kappa shape index (κ3) is 1.18. The van der Waals surface area contributed by atoms with Gasteiger partial charge < -0.3 is 9.73 Å². The van der Waals surface area contributed by atoms with Crippen LogP contribution in [0.2, 0.25) is 0 Å². The van der Waals surface area contributed by atoms with Crippen LogP contribution in [0, 0.1) is 0 Å². The fraction of sp³-hybridized carbons (Fsp3) is 0.700. The van der Waals surface area contributed by atoms with Gasteiger partial charge in [0.15, 0.2) is 5.89 Å². The summed E-state index contributed by atoms with van der Waals surface area (Å²) in [6, 6.07) is 0. The second-order valence-corrected chi connectivity index (χ2v) is 3.98. The Morgan fingerprint density at radius 2 is 2.08 bits per heavy atom. The summed E-state index contributed by atoms with van der Waals surface area (Å²) in [7, 11) is 0. The van der Waals surface area contributed by atoms with Crippen LogP contribution < -0.4 is 5.32 Å². The first-order valence-electron chi connectivity index (χ1n) is 5.12. The van der Waals surface area contributed by atoms with Gasteiger partial charge in [0, 0.05) is 19.5 Å². The highest BCUT2D eigenvalue weighted by Crippen LogP contribution is 2.26. The minimum absolute atomic E-state index is 0.547. The van der Waals surface area contributed by atoms with E-state index in [1.54, 1.807) is 0 Å². The molecule has 1 N–H and O–H groups in total. The van der Waals surface area contributed by atoms with E-state index in [1.807, 2.05) is 0 Å². The van der Waals surface area contributed by atoms with E-state index >= 15 is 0 Å². The summed E-state index contributed by atoms with van der Waals surface area (Å²) in [5, 5.41) is 3.24. The monoisotopic (exact) mass is 178 g/mol. The standard InChI is InChI=1S/C10H14N2O/c1-2-4-9-8(3-1)12-10(13-9)7-5-11-6-7/h7,11H,1-6H2. The lowest BCUT2D eigenvalue weighted by Gasteiger charge is -2.23.